The molecule has 6 heteroatoms. The fourth-order valence-electron chi connectivity index (χ4n) is 2.71. The highest BCUT2D eigenvalue weighted by atomic mass is 16.2. The number of hydrogen-bond donors (Lipinski definition) is 2. The van der Waals surface area contributed by atoms with Crippen molar-refractivity contribution in [2.24, 2.45) is 13.0 Å². The third-order valence-corrected chi connectivity index (χ3v) is 4.01. The Hall–Kier alpha value is -1.85. The van der Waals surface area contributed by atoms with E-state index < -0.39 is 0 Å². The van der Waals surface area contributed by atoms with E-state index in [-0.39, 0.29) is 18.4 Å². The van der Waals surface area contributed by atoms with Crippen LogP contribution in [-0.2, 0) is 23.2 Å². The van der Waals surface area contributed by atoms with Crippen molar-refractivity contribution < 1.29 is 9.59 Å². The van der Waals surface area contributed by atoms with Gasteiger partial charge in [-0.2, -0.15) is 0 Å². The van der Waals surface area contributed by atoms with Gasteiger partial charge in [-0.15, -0.1) is 0 Å². The summed E-state index contributed by atoms with van der Waals surface area (Å²) in [5.41, 5.74) is 0. The van der Waals surface area contributed by atoms with E-state index >= 15 is 0 Å². The molecule has 2 amide bonds. The van der Waals surface area contributed by atoms with E-state index in [1.807, 2.05) is 17.8 Å². The molecule has 1 aliphatic carbocycles. The van der Waals surface area contributed by atoms with Crippen LogP contribution in [0.1, 0.15) is 44.3 Å². The molecule has 21 heavy (non-hydrogen) atoms. The third-order valence-electron chi connectivity index (χ3n) is 4.01. The molecule has 0 saturated heterocycles. The molecule has 1 heterocycles. The van der Waals surface area contributed by atoms with Gasteiger partial charge in [-0.1, -0.05) is 19.3 Å². The fourth-order valence-corrected chi connectivity index (χ4v) is 2.71. The molecule has 0 spiro atoms. The number of aryl methyl sites for hydroxylation is 1. The number of carbonyl (C=O) groups is 2. The maximum Gasteiger partial charge on any atom is 0.239 e. The molecule has 116 valence electrons. The monoisotopic (exact) mass is 292 g/mol. The zero-order valence-electron chi connectivity index (χ0n) is 12.6. The Morgan fingerprint density at radius 3 is 2.67 bits per heavy atom. The van der Waals surface area contributed by atoms with E-state index in [0.717, 1.165) is 18.7 Å². The lowest BCUT2D eigenvalue weighted by molar-refractivity contribution is -0.126. The van der Waals surface area contributed by atoms with Crippen LogP contribution in [0.15, 0.2) is 12.4 Å². The van der Waals surface area contributed by atoms with Crippen LogP contribution in [0.4, 0.5) is 0 Å². The number of amides is 2. The van der Waals surface area contributed by atoms with Crippen LogP contribution in [-0.4, -0.2) is 27.9 Å². The summed E-state index contributed by atoms with van der Waals surface area (Å²) in [5, 5.41) is 5.44. The highest BCUT2D eigenvalue weighted by Crippen LogP contribution is 2.25. The predicted molar refractivity (Wildman–Crippen MR) is 79.3 cm³/mol. The minimum absolute atomic E-state index is 0.0194. The molecular formula is C15H24N4O2. The number of nitrogens with one attached hydrogen (secondary N) is 2. The van der Waals surface area contributed by atoms with Crippen LogP contribution in [0.3, 0.4) is 0 Å². The van der Waals surface area contributed by atoms with Crippen LogP contribution in [0, 0.1) is 5.92 Å². The number of hydrogen-bond acceptors (Lipinski definition) is 3. The van der Waals surface area contributed by atoms with Crippen molar-refractivity contribution in [2.45, 2.75) is 45.1 Å². The molecule has 0 bridgehead atoms. The lowest BCUT2D eigenvalue weighted by Gasteiger charge is -2.20. The van der Waals surface area contributed by atoms with Crippen LogP contribution in [0.5, 0.6) is 0 Å². The summed E-state index contributed by atoms with van der Waals surface area (Å²) in [6, 6.07) is 0. The van der Waals surface area contributed by atoms with Crippen molar-refractivity contribution in [1.29, 1.82) is 0 Å². The number of imidazole rings is 1. The molecule has 1 saturated carbocycles. The Balaban J connectivity index is 1.61. The van der Waals surface area contributed by atoms with Gasteiger partial charge in [-0.25, -0.2) is 4.98 Å². The summed E-state index contributed by atoms with van der Waals surface area (Å²) in [6.45, 7) is 0.413. The molecule has 0 unspecified atom stereocenters. The van der Waals surface area contributed by atoms with Gasteiger partial charge in [-0.3, -0.25) is 9.59 Å². The summed E-state index contributed by atoms with van der Waals surface area (Å²) < 4.78 is 1.85. The summed E-state index contributed by atoms with van der Waals surface area (Å²) in [5.74, 6) is 1.08. The van der Waals surface area contributed by atoms with Crippen molar-refractivity contribution >= 4 is 11.8 Å². The molecular weight excluding hydrogens is 268 g/mol. The first kappa shape index (κ1) is 15.5. The van der Waals surface area contributed by atoms with E-state index in [9.17, 15) is 9.59 Å². The number of nitrogens with zero attached hydrogens (tertiary/aromatic N) is 2. The highest BCUT2D eigenvalue weighted by molar-refractivity contribution is 5.84. The maximum absolute atomic E-state index is 11.8. The van der Waals surface area contributed by atoms with Crippen molar-refractivity contribution in [3.05, 3.63) is 18.2 Å². The quantitative estimate of drug-likeness (QED) is 0.825. The van der Waals surface area contributed by atoms with Gasteiger partial charge >= 0.3 is 0 Å². The van der Waals surface area contributed by atoms with Gasteiger partial charge in [0.25, 0.3) is 0 Å². The Kier molecular flexibility index (Phi) is 5.78. The maximum atomic E-state index is 11.8. The normalized spacial score (nSPS) is 15.7. The van der Waals surface area contributed by atoms with Crippen molar-refractivity contribution in [1.82, 2.24) is 20.2 Å². The minimum atomic E-state index is -0.185. The Morgan fingerprint density at radius 2 is 2.00 bits per heavy atom. The van der Waals surface area contributed by atoms with Gasteiger partial charge in [0.15, 0.2) is 0 Å². The molecule has 2 rings (SSSR count). The van der Waals surface area contributed by atoms with Crippen LogP contribution in [0.2, 0.25) is 0 Å². The average Bonchev–Trinajstić information content (AvgIpc) is 2.89. The third kappa shape index (κ3) is 5.21. The summed E-state index contributed by atoms with van der Waals surface area (Å²) >= 11 is 0. The summed E-state index contributed by atoms with van der Waals surface area (Å²) in [6.07, 6.45) is 10.1. The zero-order valence-corrected chi connectivity index (χ0v) is 12.6. The Morgan fingerprint density at radius 1 is 1.24 bits per heavy atom. The van der Waals surface area contributed by atoms with Crippen LogP contribution in [0.25, 0.3) is 0 Å². The lowest BCUT2D eigenvalue weighted by atomic mass is 9.87. The van der Waals surface area contributed by atoms with Gasteiger partial charge in [0.2, 0.25) is 11.8 Å². The summed E-state index contributed by atoms with van der Waals surface area (Å²) in [7, 11) is 1.88. The topological polar surface area (TPSA) is 76.0 Å². The van der Waals surface area contributed by atoms with E-state index in [0.29, 0.717) is 18.9 Å². The van der Waals surface area contributed by atoms with Gasteiger partial charge in [0.1, 0.15) is 5.82 Å². The molecule has 0 radical (unpaired) electrons. The first-order chi connectivity index (χ1) is 10.1. The van der Waals surface area contributed by atoms with E-state index in [2.05, 4.69) is 15.6 Å². The first-order valence-electron chi connectivity index (χ1n) is 7.64. The molecule has 2 N–H and O–H groups in total. The van der Waals surface area contributed by atoms with Gasteiger partial charge in [0, 0.05) is 25.9 Å². The average molecular weight is 292 g/mol. The Bertz CT molecular complexity index is 478. The first-order valence-corrected chi connectivity index (χ1v) is 7.64. The van der Waals surface area contributed by atoms with Crippen molar-refractivity contribution in [3.8, 4) is 0 Å². The second kappa shape index (κ2) is 7.81. The second-order valence-electron chi connectivity index (χ2n) is 5.72. The minimum Gasteiger partial charge on any atom is -0.347 e. The van der Waals surface area contributed by atoms with E-state index in [1.165, 1.54) is 19.3 Å². The van der Waals surface area contributed by atoms with Crippen LogP contribution < -0.4 is 10.6 Å². The summed E-state index contributed by atoms with van der Waals surface area (Å²) in [4.78, 5) is 27.6. The van der Waals surface area contributed by atoms with E-state index in [4.69, 9.17) is 0 Å². The van der Waals surface area contributed by atoms with Gasteiger partial charge < -0.3 is 15.2 Å². The lowest BCUT2D eigenvalue weighted by Crippen LogP contribution is -2.37. The van der Waals surface area contributed by atoms with Gasteiger partial charge in [0.05, 0.1) is 13.1 Å². The van der Waals surface area contributed by atoms with Crippen molar-refractivity contribution in [3.63, 3.8) is 0 Å². The largest absolute Gasteiger partial charge is 0.347 e. The molecule has 0 atom stereocenters. The van der Waals surface area contributed by atoms with E-state index in [1.54, 1.807) is 6.20 Å². The molecule has 1 aromatic heterocycles. The smallest absolute Gasteiger partial charge is 0.239 e. The highest BCUT2D eigenvalue weighted by Gasteiger charge is 2.17. The fraction of sp³-hybridized carbons (Fsp3) is 0.667. The molecule has 0 aliphatic heterocycles. The Labute approximate surface area is 125 Å². The molecule has 1 fully saturated rings. The number of rotatable bonds is 6. The van der Waals surface area contributed by atoms with Crippen LogP contribution >= 0.6 is 0 Å². The number of aromatic nitrogens is 2. The zero-order chi connectivity index (χ0) is 15.1. The SMILES string of the molecule is Cn1ccnc1CNC(=O)CNC(=O)CC1CCCCC1. The predicted octanol–water partition coefficient (Wildman–Crippen LogP) is 1.12. The van der Waals surface area contributed by atoms with Gasteiger partial charge in [-0.05, 0) is 18.8 Å². The van der Waals surface area contributed by atoms with Crippen molar-refractivity contribution in [2.75, 3.05) is 6.54 Å². The molecule has 1 aromatic rings. The molecule has 1 aliphatic rings. The molecule has 0 aromatic carbocycles. The second-order valence-corrected chi connectivity index (χ2v) is 5.72. The molecule has 6 nitrogen and oxygen atoms in total. The number of carbonyl (C=O) groups excluding carboxylic acids is 2. The standard InChI is InChI=1S/C15H24N4O2/c1-19-8-7-16-13(19)10-17-15(21)11-18-14(20)9-12-5-3-2-4-6-12/h7-8,12H,2-6,9-11H2,1H3,(H,17,21)(H,18,20).